The van der Waals surface area contributed by atoms with Crippen LogP contribution >= 0.6 is 12.4 Å². The number of carboxylic acid groups (broad SMARTS) is 1. The Morgan fingerprint density at radius 3 is 2.17 bits per heavy atom. The molecular weight excluding hydrogens is 739 g/mol. The fourth-order valence-electron chi connectivity index (χ4n) is 6.28. The SMILES string of the molecule is Cc1c(N2CCN(Cc3ccc(C(F)(F)F)o3)CC2)c(=O)n(C[C@H](NCCCC(=O)O)c2ccccc2)c(=O)n1Cc1c(F)cccc1C(F)(F)F.Cl. The van der Waals surface area contributed by atoms with Gasteiger partial charge in [-0.3, -0.25) is 23.6 Å². The number of furan rings is 1. The first-order valence-corrected chi connectivity index (χ1v) is 16.4. The van der Waals surface area contributed by atoms with E-state index >= 15 is 4.39 Å². The number of carbonyl (C=O) groups is 1. The molecule has 3 heterocycles. The number of hydrogen-bond donors (Lipinski definition) is 2. The average Bonchev–Trinajstić information content (AvgIpc) is 3.56. The number of aliphatic carboxylic acids is 1. The molecular formula is C35H37ClF7N5O5. The molecule has 2 N–H and O–H groups in total. The summed E-state index contributed by atoms with van der Waals surface area (Å²) in [7, 11) is 0. The second-order valence-electron chi connectivity index (χ2n) is 12.4. The van der Waals surface area contributed by atoms with Crippen LogP contribution in [0.15, 0.2) is 74.7 Å². The number of carboxylic acids is 1. The smallest absolute Gasteiger partial charge is 0.449 e. The van der Waals surface area contributed by atoms with Crippen molar-refractivity contribution in [3.05, 3.63) is 121 Å². The topological polar surface area (TPSA) is 113 Å². The molecule has 1 atom stereocenters. The zero-order valence-corrected chi connectivity index (χ0v) is 29.2. The lowest BCUT2D eigenvalue weighted by molar-refractivity contribution is -0.153. The number of hydrogen-bond acceptors (Lipinski definition) is 7. The summed E-state index contributed by atoms with van der Waals surface area (Å²) in [5.74, 6) is -3.25. The Morgan fingerprint density at radius 1 is 0.887 bits per heavy atom. The van der Waals surface area contributed by atoms with E-state index in [1.165, 1.54) is 13.0 Å². The lowest BCUT2D eigenvalue weighted by atomic mass is 10.1. The van der Waals surface area contributed by atoms with Crippen LogP contribution in [0.1, 0.15) is 52.8 Å². The van der Waals surface area contributed by atoms with Gasteiger partial charge >= 0.3 is 24.0 Å². The van der Waals surface area contributed by atoms with E-state index in [2.05, 4.69) is 5.32 Å². The van der Waals surface area contributed by atoms with Crippen molar-refractivity contribution in [3.8, 4) is 0 Å². The standard InChI is InChI=1S/C35H36F7N5O5.ClH/c1-22-31(45-17-15-44(16-18-45)19-24-12-13-29(52-24)35(40,41)42)32(50)47(21-28(23-7-3-2-4-8-23)43-14-6-11-30(48)49)33(51)46(22)20-25-26(34(37,38)39)9-5-10-27(25)36;/h2-5,7-10,12-13,28,43H,6,11,14-21H2,1H3,(H,48,49);1H/t28-;/m0./s1. The number of halogens is 8. The van der Waals surface area contributed by atoms with Crippen LogP contribution in [0.3, 0.4) is 0 Å². The maximum atomic E-state index is 15.1. The third-order valence-corrected chi connectivity index (χ3v) is 8.93. The number of rotatable bonds is 13. The van der Waals surface area contributed by atoms with Crippen LogP contribution in [-0.4, -0.2) is 57.8 Å². The molecule has 4 aromatic rings. The summed E-state index contributed by atoms with van der Waals surface area (Å²) in [4.78, 5) is 43.0. The van der Waals surface area contributed by atoms with E-state index in [0.717, 1.165) is 27.3 Å². The van der Waals surface area contributed by atoms with Crippen LogP contribution in [0.4, 0.5) is 36.4 Å². The second-order valence-corrected chi connectivity index (χ2v) is 12.4. The molecule has 1 fully saturated rings. The molecule has 0 spiro atoms. The highest BCUT2D eigenvalue weighted by Crippen LogP contribution is 2.34. The first kappa shape index (κ1) is 41.2. The van der Waals surface area contributed by atoms with E-state index in [-0.39, 0.29) is 88.2 Å². The predicted octanol–water partition coefficient (Wildman–Crippen LogP) is 6.08. The second kappa shape index (κ2) is 17.0. The molecule has 0 radical (unpaired) electrons. The van der Waals surface area contributed by atoms with Crippen molar-refractivity contribution in [2.24, 2.45) is 0 Å². The van der Waals surface area contributed by atoms with Crippen molar-refractivity contribution < 1.29 is 45.1 Å². The minimum Gasteiger partial charge on any atom is -0.481 e. The van der Waals surface area contributed by atoms with Crippen molar-refractivity contribution in [2.75, 3.05) is 37.6 Å². The zero-order chi connectivity index (χ0) is 37.8. The third-order valence-electron chi connectivity index (χ3n) is 8.93. The number of nitrogens with one attached hydrogen (secondary N) is 1. The number of aromatic nitrogens is 2. The van der Waals surface area contributed by atoms with Gasteiger partial charge in [0.15, 0.2) is 0 Å². The van der Waals surface area contributed by atoms with E-state index in [9.17, 15) is 40.7 Å². The number of benzene rings is 2. The highest BCUT2D eigenvalue weighted by atomic mass is 35.5. The Labute approximate surface area is 304 Å². The molecule has 1 aliphatic heterocycles. The summed E-state index contributed by atoms with van der Waals surface area (Å²) in [6.07, 6.45) is -9.51. The molecule has 53 heavy (non-hydrogen) atoms. The van der Waals surface area contributed by atoms with E-state index in [0.29, 0.717) is 11.6 Å². The van der Waals surface area contributed by atoms with Crippen molar-refractivity contribution in [2.45, 2.75) is 57.8 Å². The first-order chi connectivity index (χ1) is 24.5. The summed E-state index contributed by atoms with van der Waals surface area (Å²) < 4.78 is 103. The highest BCUT2D eigenvalue weighted by molar-refractivity contribution is 5.85. The summed E-state index contributed by atoms with van der Waals surface area (Å²) in [5.41, 5.74) is -3.14. The van der Waals surface area contributed by atoms with Gasteiger partial charge < -0.3 is 19.7 Å². The van der Waals surface area contributed by atoms with Gasteiger partial charge in [0.1, 0.15) is 17.3 Å². The van der Waals surface area contributed by atoms with E-state index < -0.39 is 64.9 Å². The number of alkyl halides is 6. The molecule has 10 nitrogen and oxygen atoms in total. The molecule has 0 aliphatic carbocycles. The summed E-state index contributed by atoms with van der Waals surface area (Å²) >= 11 is 0. The van der Waals surface area contributed by atoms with Crippen LogP contribution < -0.4 is 21.5 Å². The molecule has 288 valence electrons. The van der Waals surface area contributed by atoms with Gasteiger partial charge in [0, 0.05) is 43.9 Å². The predicted molar refractivity (Wildman–Crippen MR) is 183 cm³/mol. The van der Waals surface area contributed by atoms with E-state index in [1.807, 2.05) is 0 Å². The minimum absolute atomic E-state index is 0. The molecule has 2 aromatic carbocycles. The maximum absolute atomic E-state index is 15.1. The fraction of sp³-hybridized carbons (Fsp3) is 0.400. The molecule has 0 saturated carbocycles. The maximum Gasteiger partial charge on any atom is 0.449 e. The summed E-state index contributed by atoms with van der Waals surface area (Å²) in [6, 6.07) is 12.5. The number of piperazine rings is 1. The van der Waals surface area contributed by atoms with Crippen molar-refractivity contribution in [3.63, 3.8) is 0 Å². The Kier molecular flexibility index (Phi) is 13.2. The van der Waals surface area contributed by atoms with E-state index in [1.54, 1.807) is 40.1 Å². The van der Waals surface area contributed by atoms with Gasteiger partial charge in [-0.05, 0) is 49.7 Å². The molecule has 0 unspecified atom stereocenters. The van der Waals surface area contributed by atoms with Crippen LogP contribution in [-0.2, 0) is 36.8 Å². The van der Waals surface area contributed by atoms with Crippen molar-refractivity contribution in [1.82, 2.24) is 19.4 Å². The normalized spacial score (nSPS) is 14.6. The third kappa shape index (κ3) is 9.88. The van der Waals surface area contributed by atoms with Crippen LogP contribution in [0.25, 0.3) is 0 Å². The molecule has 1 aliphatic rings. The highest BCUT2D eigenvalue weighted by Gasteiger charge is 2.36. The van der Waals surface area contributed by atoms with Gasteiger partial charge in [-0.15, -0.1) is 12.4 Å². The fourth-order valence-corrected chi connectivity index (χ4v) is 6.28. The summed E-state index contributed by atoms with van der Waals surface area (Å²) in [6.45, 7) is 1.31. The van der Waals surface area contributed by atoms with Gasteiger partial charge in [0.2, 0.25) is 5.76 Å². The van der Waals surface area contributed by atoms with Crippen LogP contribution in [0, 0.1) is 12.7 Å². The minimum atomic E-state index is -4.95. The van der Waals surface area contributed by atoms with Gasteiger partial charge in [-0.2, -0.15) is 26.3 Å². The van der Waals surface area contributed by atoms with Crippen molar-refractivity contribution in [1.29, 1.82) is 0 Å². The van der Waals surface area contributed by atoms with E-state index in [4.69, 9.17) is 9.52 Å². The number of anilines is 1. The molecule has 18 heteroatoms. The molecule has 0 amide bonds. The quantitative estimate of drug-likeness (QED) is 0.124. The van der Waals surface area contributed by atoms with Gasteiger partial charge in [-0.1, -0.05) is 36.4 Å². The lowest BCUT2D eigenvalue weighted by Gasteiger charge is -2.36. The largest absolute Gasteiger partial charge is 0.481 e. The van der Waals surface area contributed by atoms with Crippen LogP contribution in [0.2, 0.25) is 0 Å². The van der Waals surface area contributed by atoms with Crippen LogP contribution in [0.5, 0.6) is 0 Å². The average molecular weight is 776 g/mol. The molecule has 5 rings (SSSR count). The molecule has 0 bridgehead atoms. The van der Waals surface area contributed by atoms with Gasteiger partial charge in [0.05, 0.1) is 31.2 Å². The Balaban J connectivity index is 0.00000627. The van der Waals surface area contributed by atoms with Crippen molar-refractivity contribution >= 4 is 24.1 Å². The summed E-state index contributed by atoms with van der Waals surface area (Å²) in [5, 5.41) is 12.3. The first-order valence-electron chi connectivity index (χ1n) is 16.4. The monoisotopic (exact) mass is 775 g/mol. The van der Waals surface area contributed by atoms with Gasteiger partial charge in [-0.25, -0.2) is 9.18 Å². The Bertz CT molecular complexity index is 1990. The molecule has 2 aromatic heterocycles. The Morgan fingerprint density at radius 2 is 1.57 bits per heavy atom. The van der Waals surface area contributed by atoms with Gasteiger partial charge in [0.25, 0.3) is 5.56 Å². The zero-order valence-electron chi connectivity index (χ0n) is 28.3. The lowest BCUT2D eigenvalue weighted by Crippen LogP contribution is -2.51. The Hall–Kier alpha value is -4.61. The molecule has 1 saturated heterocycles. The number of nitrogens with zero attached hydrogens (tertiary/aromatic N) is 4.